The normalized spacial score (nSPS) is 11.4. The molecule has 7 heteroatoms. The Kier molecular flexibility index (Phi) is 2.92. The Labute approximate surface area is 103 Å². The topological polar surface area (TPSA) is 97.5 Å². The molecule has 0 radical (unpaired) electrons. The second kappa shape index (κ2) is 4.26. The van der Waals surface area contributed by atoms with E-state index in [1.54, 1.807) is 12.1 Å². The molecule has 1 aromatic carbocycles. The van der Waals surface area contributed by atoms with Gasteiger partial charge in [0.05, 0.1) is 4.90 Å². The van der Waals surface area contributed by atoms with Gasteiger partial charge in [-0.3, -0.25) is 0 Å². The summed E-state index contributed by atoms with van der Waals surface area (Å²) in [6, 6.07) is 6.04. The van der Waals surface area contributed by atoms with E-state index in [-0.39, 0.29) is 21.9 Å². The molecular weight excluding hydrogens is 258 g/mol. The molecule has 0 bridgehead atoms. The summed E-state index contributed by atoms with van der Waals surface area (Å²) in [5, 5.41) is 8.93. The van der Waals surface area contributed by atoms with Crippen LogP contribution in [0.25, 0.3) is 11.3 Å². The lowest BCUT2D eigenvalue weighted by Gasteiger charge is -2.05. The number of sulfone groups is 1. The third-order valence-electron chi connectivity index (χ3n) is 2.30. The van der Waals surface area contributed by atoms with Gasteiger partial charge in [0.1, 0.15) is 5.69 Å². The van der Waals surface area contributed by atoms with E-state index in [0.717, 1.165) is 12.6 Å². The molecule has 0 aliphatic carbocycles. The SMILES string of the molecule is CS(=O)(=O)c1ccccc1-c1ncoc1C(=O)O. The third kappa shape index (κ3) is 2.12. The van der Waals surface area contributed by atoms with E-state index in [2.05, 4.69) is 4.98 Å². The van der Waals surface area contributed by atoms with E-state index in [0.29, 0.717) is 0 Å². The molecule has 0 atom stereocenters. The fourth-order valence-corrected chi connectivity index (χ4v) is 2.47. The first-order valence-corrected chi connectivity index (χ1v) is 6.76. The van der Waals surface area contributed by atoms with Crippen LogP contribution in [0.2, 0.25) is 0 Å². The van der Waals surface area contributed by atoms with Gasteiger partial charge in [-0.1, -0.05) is 18.2 Å². The molecule has 0 aliphatic rings. The summed E-state index contributed by atoms with van der Waals surface area (Å²) in [7, 11) is -3.48. The number of benzene rings is 1. The van der Waals surface area contributed by atoms with Crippen molar-refractivity contribution in [3.63, 3.8) is 0 Å². The number of aromatic carboxylic acids is 1. The number of carboxylic acids is 1. The van der Waals surface area contributed by atoms with Gasteiger partial charge in [-0.25, -0.2) is 18.2 Å². The minimum absolute atomic E-state index is 0.00326. The molecule has 0 amide bonds. The lowest BCUT2D eigenvalue weighted by molar-refractivity contribution is 0.0663. The summed E-state index contributed by atoms with van der Waals surface area (Å²) in [5.74, 6) is -1.68. The first-order chi connectivity index (χ1) is 8.41. The molecule has 94 valence electrons. The smallest absolute Gasteiger partial charge is 0.374 e. The highest BCUT2D eigenvalue weighted by Gasteiger charge is 2.22. The molecule has 0 fully saturated rings. The van der Waals surface area contributed by atoms with E-state index < -0.39 is 15.8 Å². The number of hydrogen-bond acceptors (Lipinski definition) is 5. The van der Waals surface area contributed by atoms with Crippen molar-refractivity contribution in [2.24, 2.45) is 0 Å². The Morgan fingerprint density at radius 2 is 2.00 bits per heavy atom. The average molecular weight is 267 g/mol. The van der Waals surface area contributed by atoms with E-state index in [9.17, 15) is 13.2 Å². The lowest BCUT2D eigenvalue weighted by Crippen LogP contribution is -2.03. The van der Waals surface area contributed by atoms with Gasteiger partial charge in [0.15, 0.2) is 16.2 Å². The molecule has 1 heterocycles. The van der Waals surface area contributed by atoms with Crippen LogP contribution in [0.4, 0.5) is 0 Å². The van der Waals surface area contributed by atoms with E-state index in [1.807, 2.05) is 0 Å². The molecule has 2 rings (SSSR count). The van der Waals surface area contributed by atoms with Crippen LogP contribution in [0.15, 0.2) is 40.0 Å². The molecule has 0 saturated heterocycles. The van der Waals surface area contributed by atoms with Gasteiger partial charge >= 0.3 is 5.97 Å². The van der Waals surface area contributed by atoms with Crippen molar-refractivity contribution in [2.45, 2.75) is 4.90 Å². The maximum Gasteiger partial charge on any atom is 0.374 e. The van der Waals surface area contributed by atoms with Crippen LogP contribution in [-0.2, 0) is 9.84 Å². The van der Waals surface area contributed by atoms with Crippen molar-refractivity contribution in [1.29, 1.82) is 0 Å². The van der Waals surface area contributed by atoms with E-state index in [1.165, 1.54) is 12.1 Å². The van der Waals surface area contributed by atoms with Gasteiger partial charge < -0.3 is 9.52 Å². The van der Waals surface area contributed by atoms with Crippen LogP contribution in [-0.4, -0.2) is 30.7 Å². The Morgan fingerprint density at radius 3 is 2.61 bits per heavy atom. The van der Waals surface area contributed by atoms with Gasteiger partial charge in [0.2, 0.25) is 5.76 Å². The second-order valence-electron chi connectivity index (χ2n) is 3.60. The molecule has 2 aromatic rings. The highest BCUT2D eigenvalue weighted by Crippen LogP contribution is 2.28. The standard InChI is InChI=1S/C11H9NO5S/c1-18(15,16)8-5-3-2-4-7(8)9-10(11(13)14)17-6-12-9/h2-6H,1H3,(H,13,14). The predicted octanol–water partition coefficient (Wildman–Crippen LogP) is 1.44. The van der Waals surface area contributed by atoms with Crippen LogP contribution in [0, 0.1) is 0 Å². The minimum Gasteiger partial charge on any atom is -0.475 e. The van der Waals surface area contributed by atoms with Gasteiger partial charge in [-0.15, -0.1) is 0 Å². The summed E-state index contributed by atoms with van der Waals surface area (Å²) in [4.78, 5) is 14.7. The molecular formula is C11H9NO5S. The molecule has 0 spiro atoms. The first-order valence-electron chi connectivity index (χ1n) is 4.87. The molecule has 6 nitrogen and oxygen atoms in total. The van der Waals surface area contributed by atoms with Crippen LogP contribution >= 0.6 is 0 Å². The van der Waals surface area contributed by atoms with Gasteiger partial charge in [0, 0.05) is 11.8 Å². The van der Waals surface area contributed by atoms with Gasteiger partial charge in [0.25, 0.3) is 0 Å². The number of aromatic nitrogens is 1. The predicted molar refractivity (Wildman–Crippen MR) is 62.0 cm³/mol. The van der Waals surface area contributed by atoms with Crippen molar-refractivity contribution < 1.29 is 22.7 Å². The zero-order valence-electron chi connectivity index (χ0n) is 9.32. The quantitative estimate of drug-likeness (QED) is 0.903. The molecule has 1 aromatic heterocycles. The Balaban J connectivity index is 2.73. The Morgan fingerprint density at radius 1 is 1.33 bits per heavy atom. The molecule has 0 saturated carbocycles. The first kappa shape index (κ1) is 12.3. The zero-order valence-corrected chi connectivity index (χ0v) is 10.1. The van der Waals surface area contributed by atoms with Crippen molar-refractivity contribution in [3.05, 3.63) is 36.4 Å². The van der Waals surface area contributed by atoms with Crippen molar-refractivity contribution in [2.75, 3.05) is 6.26 Å². The van der Waals surface area contributed by atoms with Crippen LogP contribution < -0.4 is 0 Å². The van der Waals surface area contributed by atoms with Crippen LogP contribution in [0.1, 0.15) is 10.6 Å². The third-order valence-corrected chi connectivity index (χ3v) is 3.46. The molecule has 18 heavy (non-hydrogen) atoms. The summed E-state index contributed by atoms with van der Waals surface area (Å²) < 4.78 is 28.0. The number of carboxylic acid groups (broad SMARTS) is 1. The summed E-state index contributed by atoms with van der Waals surface area (Å²) in [6.07, 6.45) is 2.02. The second-order valence-corrected chi connectivity index (χ2v) is 5.59. The summed E-state index contributed by atoms with van der Waals surface area (Å²) in [5.41, 5.74) is 0.217. The molecule has 0 unspecified atom stereocenters. The number of nitrogens with zero attached hydrogens (tertiary/aromatic N) is 1. The zero-order chi connectivity index (χ0) is 13.3. The number of oxazole rings is 1. The fourth-order valence-electron chi connectivity index (χ4n) is 1.58. The van der Waals surface area contributed by atoms with Crippen LogP contribution in [0.3, 0.4) is 0 Å². The van der Waals surface area contributed by atoms with Gasteiger partial charge in [-0.05, 0) is 6.07 Å². The maximum atomic E-state index is 11.6. The van der Waals surface area contributed by atoms with Gasteiger partial charge in [-0.2, -0.15) is 0 Å². The highest BCUT2D eigenvalue weighted by atomic mass is 32.2. The number of rotatable bonds is 3. The number of carbonyl (C=O) groups is 1. The van der Waals surface area contributed by atoms with Crippen molar-refractivity contribution >= 4 is 15.8 Å². The van der Waals surface area contributed by atoms with Crippen LogP contribution in [0.5, 0.6) is 0 Å². The fraction of sp³-hybridized carbons (Fsp3) is 0.0909. The molecule has 0 aliphatic heterocycles. The van der Waals surface area contributed by atoms with Crippen molar-refractivity contribution in [1.82, 2.24) is 4.98 Å². The summed E-state index contributed by atoms with van der Waals surface area (Å²) >= 11 is 0. The van der Waals surface area contributed by atoms with Crippen molar-refractivity contribution in [3.8, 4) is 11.3 Å². The highest BCUT2D eigenvalue weighted by molar-refractivity contribution is 7.90. The van der Waals surface area contributed by atoms with E-state index in [4.69, 9.17) is 9.52 Å². The minimum atomic E-state index is -3.48. The maximum absolute atomic E-state index is 11.6. The Bertz CT molecular complexity index is 702. The number of hydrogen-bond donors (Lipinski definition) is 1. The average Bonchev–Trinajstić information content (AvgIpc) is 2.76. The lowest BCUT2D eigenvalue weighted by atomic mass is 10.1. The summed E-state index contributed by atoms with van der Waals surface area (Å²) in [6.45, 7) is 0. The largest absolute Gasteiger partial charge is 0.475 e. The van der Waals surface area contributed by atoms with E-state index >= 15 is 0 Å². The Hall–Kier alpha value is -2.15. The molecule has 1 N–H and O–H groups in total. The monoisotopic (exact) mass is 267 g/mol.